The summed E-state index contributed by atoms with van der Waals surface area (Å²) in [4.78, 5) is 22.1. The highest BCUT2D eigenvalue weighted by Crippen LogP contribution is 2.12. The molecule has 24 heavy (non-hydrogen) atoms. The summed E-state index contributed by atoms with van der Waals surface area (Å²) < 4.78 is 19.8. The minimum Gasteiger partial charge on any atom is -0.460 e. The Balaban J connectivity index is 0. The van der Waals surface area contributed by atoms with Crippen LogP contribution in [0.15, 0.2) is 0 Å². The van der Waals surface area contributed by atoms with E-state index in [1.807, 2.05) is 27.7 Å². The lowest BCUT2D eigenvalue weighted by atomic mass is 9.98. The SMILES string of the molecule is COCC(C)(C)OC(=O)CN.COCC(C)OC(=O)[C@@H](C)C(C)C. The van der Waals surface area contributed by atoms with Gasteiger partial charge < -0.3 is 24.7 Å². The lowest BCUT2D eigenvalue weighted by Crippen LogP contribution is -2.35. The molecule has 0 fully saturated rings. The molecule has 7 heteroatoms. The third kappa shape index (κ3) is 13.3. The van der Waals surface area contributed by atoms with Crippen molar-refractivity contribution in [3.63, 3.8) is 0 Å². The van der Waals surface area contributed by atoms with E-state index < -0.39 is 11.6 Å². The fourth-order valence-corrected chi connectivity index (χ4v) is 1.57. The molecule has 0 aromatic heterocycles. The summed E-state index contributed by atoms with van der Waals surface area (Å²) >= 11 is 0. The van der Waals surface area contributed by atoms with Gasteiger partial charge in [-0.3, -0.25) is 9.59 Å². The molecule has 0 radical (unpaired) electrons. The number of ether oxygens (including phenoxy) is 4. The quantitative estimate of drug-likeness (QED) is 0.634. The van der Waals surface area contributed by atoms with Gasteiger partial charge in [-0.1, -0.05) is 20.8 Å². The molecule has 7 nitrogen and oxygen atoms in total. The van der Waals surface area contributed by atoms with Crippen LogP contribution in [0.25, 0.3) is 0 Å². The van der Waals surface area contributed by atoms with Crippen molar-refractivity contribution < 1.29 is 28.5 Å². The van der Waals surface area contributed by atoms with Crippen LogP contribution in [0, 0.1) is 11.8 Å². The van der Waals surface area contributed by atoms with Gasteiger partial charge in [-0.2, -0.15) is 0 Å². The van der Waals surface area contributed by atoms with E-state index in [0.717, 1.165) is 0 Å². The molecular weight excluding hydrogens is 314 g/mol. The van der Waals surface area contributed by atoms with Gasteiger partial charge in [-0.25, -0.2) is 0 Å². The molecule has 0 spiro atoms. The number of hydrogen-bond donors (Lipinski definition) is 1. The van der Waals surface area contributed by atoms with Crippen LogP contribution < -0.4 is 5.73 Å². The van der Waals surface area contributed by atoms with Gasteiger partial charge in [0.2, 0.25) is 0 Å². The van der Waals surface area contributed by atoms with Gasteiger partial charge in [-0.05, 0) is 26.7 Å². The first-order valence-electron chi connectivity index (χ1n) is 8.11. The van der Waals surface area contributed by atoms with Crippen molar-refractivity contribution >= 4 is 11.9 Å². The van der Waals surface area contributed by atoms with Crippen molar-refractivity contribution in [2.75, 3.05) is 34.0 Å². The molecule has 2 atom stereocenters. The van der Waals surface area contributed by atoms with Gasteiger partial charge in [0.05, 0.1) is 25.7 Å². The average Bonchev–Trinajstić information content (AvgIpc) is 2.46. The molecule has 0 aliphatic carbocycles. The second-order valence-corrected chi connectivity index (χ2v) is 6.61. The van der Waals surface area contributed by atoms with Crippen LogP contribution in [-0.2, 0) is 28.5 Å². The second kappa shape index (κ2) is 13.1. The maximum atomic E-state index is 11.4. The number of carbonyl (C=O) groups excluding carboxylic acids is 2. The van der Waals surface area contributed by atoms with Crippen molar-refractivity contribution in [1.29, 1.82) is 0 Å². The highest BCUT2D eigenvalue weighted by atomic mass is 16.6. The third-order valence-corrected chi connectivity index (χ3v) is 3.14. The summed E-state index contributed by atoms with van der Waals surface area (Å²) in [6, 6.07) is 0. The standard InChI is InChI=1S/C10H20O3.C7H15NO3/c1-7(2)9(4)10(11)13-8(3)6-12-5;1-7(2,5-10-3)11-6(9)4-8/h7-9H,6H2,1-5H3;4-5,8H2,1-3H3/t8?,9-;/m0./s1. The Hall–Kier alpha value is -1.18. The van der Waals surface area contributed by atoms with E-state index in [4.69, 9.17) is 24.7 Å². The van der Waals surface area contributed by atoms with Crippen molar-refractivity contribution in [3.05, 3.63) is 0 Å². The van der Waals surface area contributed by atoms with Crippen LogP contribution in [0.3, 0.4) is 0 Å². The molecule has 0 saturated heterocycles. The summed E-state index contributed by atoms with van der Waals surface area (Å²) in [7, 11) is 3.15. The Labute approximate surface area is 146 Å². The summed E-state index contributed by atoms with van der Waals surface area (Å²) in [5, 5.41) is 0. The monoisotopic (exact) mass is 349 g/mol. The van der Waals surface area contributed by atoms with E-state index in [9.17, 15) is 9.59 Å². The summed E-state index contributed by atoms with van der Waals surface area (Å²) in [5.41, 5.74) is 4.48. The van der Waals surface area contributed by atoms with E-state index in [1.54, 1.807) is 28.1 Å². The van der Waals surface area contributed by atoms with Crippen LogP contribution >= 0.6 is 0 Å². The molecule has 0 aliphatic heterocycles. The zero-order valence-electron chi connectivity index (χ0n) is 16.4. The third-order valence-electron chi connectivity index (χ3n) is 3.14. The van der Waals surface area contributed by atoms with Gasteiger partial charge in [-0.15, -0.1) is 0 Å². The van der Waals surface area contributed by atoms with E-state index in [-0.39, 0.29) is 24.5 Å². The Kier molecular flexibility index (Phi) is 13.7. The van der Waals surface area contributed by atoms with Gasteiger partial charge in [0, 0.05) is 14.2 Å². The maximum absolute atomic E-state index is 11.4. The Morgan fingerprint density at radius 3 is 1.96 bits per heavy atom. The molecule has 0 rings (SSSR count). The molecule has 0 aromatic rings. The Morgan fingerprint density at radius 2 is 1.58 bits per heavy atom. The molecule has 0 saturated carbocycles. The number of methoxy groups -OCH3 is 2. The molecule has 0 amide bonds. The fourth-order valence-electron chi connectivity index (χ4n) is 1.57. The average molecular weight is 349 g/mol. The zero-order valence-corrected chi connectivity index (χ0v) is 16.4. The first-order valence-corrected chi connectivity index (χ1v) is 8.11. The number of hydrogen-bond acceptors (Lipinski definition) is 7. The van der Waals surface area contributed by atoms with E-state index in [0.29, 0.717) is 19.1 Å². The summed E-state index contributed by atoms with van der Waals surface area (Å²) in [6.07, 6.45) is -0.154. The molecule has 1 unspecified atom stereocenters. The Bertz CT molecular complexity index is 357. The normalized spacial score (nSPS) is 13.6. The number of esters is 2. The molecule has 0 heterocycles. The summed E-state index contributed by atoms with van der Waals surface area (Å²) in [6.45, 7) is 12.0. The minimum absolute atomic E-state index is 0.0423. The van der Waals surface area contributed by atoms with Crippen LogP contribution in [0.4, 0.5) is 0 Å². The van der Waals surface area contributed by atoms with Gasteiger partial charge in [0.25, 0.3) is 0 Å². The van der Waals surface area contributed by atoms with Gasteiger partial charge in [0.15, 0.2) is 0 Å². The number of carbonyl (C=O) groups is 2. The zero-order chi connectivity index (χ0) is 19.3. The molecule has 0 aromatic carbocycles. The van der Waals surface area contributed by atoms with Gasteiger partial charge in [0.1, 0.15) is 11.7 Å². The second-order valence-electron chi connectivity index (χ2n) is 6.61. The van der Waals surface area contributed by atoms with E-state index >= 15 is 0 Å². The topological polar surface area (TPSA) is 97.1 Å². The predicted octanol–water partition coefficient (Wildman–Crippen LogP) is 1.77. The molecule has 0 bridgehead atoms. The Morgan fingerprint density at radius 1 is 1.04 bits per heavy atom. The maximum Gasteiger partial charge on any atom is 0.320 e. The first-order chi connectivity index (χ1) is 11.0. The summed E-state index contributed by atoms with van der Waals surface area (Å²) in [5.74, 6) is -0.270. The molecular formula is C17H35NO6. The van der Waals surface area contributed by atoms with Crippen LogP contribution in [0.2, 0.25) is 0 Å². The lowest BCUT2D eigenvalue weighted by molar-refractivity contribution is -0.159. The van der Waals surface area contributed by atoms with Crippen LogP contribution in [0.1, 0.15) is 41.5 Å². The molecule has 2 N–H and O–H groups in total. The molecule has 0 aliphatic rings. The van der Waals surface area contributed by atoms with Gasteiger partial charge >= 0.3 is 11.9 Å². The fraction of sp³-hybridized carbons (Fsp3) is 0.882. The largest absolute Gasteiger partial charge is 0.460 e. The molecule has 144 valence electrons. The highest BCUT2D eigenvalue weighted by Gasteiger charge is 2.21. The smallest absolute Gasteiger partial charge is 0.320 e. The van der Waals surface area contributed by atoms with Crippen LogP contribution in [-0.4, -0.2) is 57.6 Å². The highest BCUT2D eigenvalue weighted by molar-refractivity contribution is 5.72. The predicted molar refractivity (Wildman–Crippen MR) is 92.5 cm³/mol. The minimum atomic E-state index is -0.578. The van der Waals surface area contributed by atoms with E-state index in [2.05, 4.69) is 0 Å². The lowest BCUT2D eigenvalue weighted by Gasteiger charge is -2.23. The van der Waals surface area contributed by atoms with Crippen molar-refractivity contribution in [2.24, 2.45) is 17.6 Å². The van der Waals surface area contributed by atoms with Crippen molar-refractivity contribution in [3.8, 4) is 0 Å². The van der Waals surface area contributed by atoms with Crippen molar-refractivity contribution in [1.82, 2.24) is 0 Å². The number of rotatable bonds is 9. The van der Waals surface area contributed by atoms with Crippen LogP contribution in [0.5, 0.6) is 0 Å². The van der Waals surface area contributed by atoms with Crippen molar-refractivity contribution in [2.45, 2.75) is 53.2 Å². The number of nitrogens with two attached hydrogens (primary N) is 1. The van der Waals surface area contributed by atoms with E-state index in [1.165, 1.54) is 0 Å². The first kappa shape index (κ1) is 25.1.